The molecule has 0 unspecified atom stereocenters. The first-order chi connectivity index (χ1) is 11.6. The molecule has 0 atom stereocenters. The van der Waals surface area contributed by atoms with E-state index in [1.165, 1.54) is 11.3 Å². The zero-order chi connectivity index (χ0) is 16.7. The van der Waals surface area contributed by atoms with Gasteiger partial charge < -0.3 is 0 Å². The van der Waals surface area contributed by atoms with Crippen LogP contribution >= 0.6 is 27.3 Å². The Balaban J connectivity index is 1.73. The monoisotopic (exact) mass is 402 g/mol. The Morgan fingerprint density at radius 1 is 1.25 bits per heavy atom. The lowest BCUT2D eigenvalue weighted by Gasteiger charge is -1.98. The quantitative estimate of drug-likeness (QED) is 0.554. The summed E-state index contributed by atoms with van der Waals surface area (Å²) in [7, 11) is 0. The van der Waals surface area contributed by atoms with Crippen LogP contribution in [-0.2, 0) is 6.42 Å². The molecule has 0 saturated heterocycles. The number of nitrogens with zero attached hydrogens (tertiary/aromatic N) is 5. The number of halogens is 1. The minimum absolute atomic E-state index is 0.583. The summed E-state index contributed by atoms with van der Waals surface area (Å²) in [5, 5.41) is 21.5. The molecule has 24 heavy (non-hydrogen) atoms. The van der Waals surface area contributed by atoms with Crippen LogP contribution in [-0.4, -0.2) is 30.0 Å². The highest BCUT2D eigenvalue weighted by Crippen LogP contribution is 2.28. The second-order valence-corrected chi connectivity index (χ2v) is 7.88. The van der Waals surface area contributed by atoms with E-state index in [9.17, 15) is 0 Å². The van der Waals surface area contributed by atoms with Crippen LogP contribution in [0.2, 0.25) is 0 Å². The Morgan fingerprint density at radius 3 is 2.92 bits per heavy atom. The van der Waals surface area contributed by atoms with Gasteiger partial charge in [-0.05, 0) is 30.5 Å². The predicted octanol–water partition coefficient (Wildman–Crippen LogP) is 4.20. The van der Waals surface area contributed by atoms with E-state index in [4.69, 9.17) is 0 Å². The Hall–Kier alpha value is -2.06. The van der Waals surface area contributed by atoms with Crippen LogP contribution in [0, 0.1) is 5.92 Å². The summed E-state index contributed by atoms with van der Waals surface area (Å²) in [6, 6.07) is 10.0. The van der Waals surface area contributed by atoms with Crippen molar-refractivity contribution in [2.45, 2.75) is 20.3 Å². The number of aromatic nitrogens is 6. The fraction of sp³-hybridized carbons (Fsp3) is 0.250. The largest absolute Gasteiger partial charge is 0.282 e. The van der Waals surface area contributed by atoms with Gasteiger partial charge in [0.15, 0.2) is 10.8 Å². The minimum atomic E-state index is 0.583. The van der Waals surface area contributed by atoms with E-state index < -0.39 is 0 Å². The first-order valence-corrected chi connectivity index (χ1v) is 9.24. The fourth-order valence-corrected chi connectivity index (χ4v) is 3.74. The van der Waals surface area contributed by atoms with Gasteiger partial charge in [-0.2, -0.15) is 14.7 Å². The molecule has 122 valence electrons. The Bertz CT molecular complexity index is 999. The van der Waals surface area contributed by atoms with Crippen molar-refractivity contribution in [1.82, 2.24) is 30.0 Å². The molecular weight excluding hydrogens is 388 g/mol. The van der Waals surface area contributed by atoms with Crippen molar-refractivity contribution in [2.75, 3.05) is 0 Å². The minimum Gasteiger partial charge on any atom is -0.282 e. The number of fused-ring (bicyclic) bond motifs is 1. The van der Waals surface area contributed by atoms with Crippen LogP contribution in [0.15, 0.2) is 34.8 Å². The van der Waals surface area contributed by atoms with Crippen molar-refractivity contribution >= 4 is 32.2 Å². The molecule has 0 saturated carbocycles. The van der Waals surface area contributed by atoms with Gasteiger partial charge >= 0.3 is 0 Å². The van der Waals surface area contributed by atoms with E-state index in [1.54, 1.807) is 4.52 Å². The van der Waals surface area contributed by atoms with E-state index in [1.807, 2.05) is 24.3 Å². The molecule has 0 radical (unpaired) electrons. The molecule has 3 aromatic heterocycles. The van der Waals surface area contributed by atoms with Crippen molar-refractivity contribution < 1.29 is 0 Å². The summed E-state index contributed by atoms with van der Waals surface area (Å²) >= 11 is 4.97. The van der Waals surface area contributed by atoms with Crippen molar-refractivity contribution in [3.63, 3.8) is 0 Å². The maximum Gasteiger partial charge on any atom is 0.235 e. The molecule has 6 nitrogen and oxygen atoms in total. The van der Waals surface area contributed by atoms with Gasteiger partial charge in [-0.15, -0.1) is 10.2 Å². The van der Waals surface area contributed by atoms with Gasteiger partial charge in [-0.25, -0.2) is 0 Å². The molecule has 0 aliphatic carbocycles. The maximum absolute atomic E-state index is 4.65. The van der Waals surface area contributed by atoms with Crippen molar-refractivity contribution in [1.29, 1.82) is 0 Å². The summed E-state index contributed by atoms with van der Waals surface area (Å²) in [4.78, 5) is 0.758. The third-order valence-electron chi connectivity index (χ3n) is 3.55. The van der Waals surface area contributed by atoms with Gasteiger partial charge in [0.05, 0.1) is 0 Å². The smallest absolute Gasteiger partial charge is 0.235 e. The first-order valence-electron chi connectivity index (χ1n) is 7.63. The van der Waals surface area contributed by atoms with Gasteiger partial charge in [0.2, 0.25) is 4.96 Å². The van der Waals surface area contributed by atoms with Crippen molar-refractivity contribution in [3.05, 3.63) is 40.5 Å². The van der Waals surface area contributed by atoms with E-state index >= 15 is 0 Å². The van der Waals surface area contributed by atoms with Gasteiger partial charge in [-0.3, -0.25) is 5.10 Å². The molecule has 3 heterocycles. The summed E-state index contributed by atoms with van der Waals surface area (Å²) in [6.07, 6.45) is 0.973. The molecule has 1 aromatic carbocycles. The molecule has 0 fully saturated rings. The van der Waals surface area contributed by atoms with E-state index in [0.717, 1.165) is 43.6 Å². The number of rotatable bonds is 4. The van der Waals surface area contributed by atoms with Gasteiger partial charge in [-0.1, -0.05) is 53.2 Å². The third kappa shape index (κ3) is 2.87. The highest BCUT2D eigenvalue weighted by Gasteiger charge is 2.16. The number of hydrogen-bond donors (Lipinski definition) is 1. The van der Waals surface area contributed by atoms with Crippen molar-refractivity contribution in [3.8, 4) is 22.1 Å². The van der Waals surface area contributed by atoms with Crippen LogP contribution in [0.5, 0.6) is 0 Å². The standard InChI is InChI=1S/C16H15BrN6S/c1-9(2)6-12-8-13(19-18-12)15-22-23-14(20-21-16(23)24-15)10-4-3-5-11(17)7-10/h3-5,7-9H,6H2,1-2H3,(H,18,19). The van der Waals surface area contributed by atoms with Crippen LogP contribution in [0.3, 0.4) is 0 Å². The number of aromatic amines is 1. The lowest BCUT2D eigenvalue weighted by atomic mass is 10.1. The van der Waals surface area contributed by atoms with Gasteiger partial charge in [0.25, 0.3) is 0 Å². The Labute approximate surface area is 151 Å². The average Bonchev–Trinajstić information content (AvgIpc) is 3.20. The topological polar surface area (TPSA) is 71.8 Å². The normalized spacial score (nSPS) is 11.7. The molecule has 4 rings (SSSR count). The molecule has 0 spiro atoms. The number of hydrogen-bond acceptors (Lipinski definition) is 5. The molecule has 0 aliphatic rings. The summed E-state index contributed by atoms with van der Waals surface area (Å²) in [5.74, 6) is 1.31. The first kappa shape index (κ1) is 15.5. The number of H-pyrrole nitrogens is 1. The second-order valence-electron chi connectivity index (χ2n) is 6.01. The molecule has 0 amide bonds. The van der Waals surface area contributed by atoms with E-state index in [2.05, 4.69) is 61.3 Å². The van der Waals surface area contributed by atoms with Crippen LogP contribution < -0.4 is 0 Å². The number of nitrogens with one attached hydrogen (secondary N) is 1. The van der Waals surface area contributed by atoms with Crippen LogP contribution in [0.4, 0.5) is 0 Å². The Morgan fingerprint density at radius 2 is 2.12 bits per heavy atom. The summed E-state index contributed by atoms with van der Waals surface area (Å²) < 4.78 is 2.77. The summed E-state index contributed by atoms with van der Waals surface area (Å²) in [5.41, 5.74) is 2.94. The lowest BCUT2D eigenvalue weighted by molar-refractivity contribution is 0.633. The molecule has 0 aliphatic heterocycles. The van der Waals surface area contributed by atoms with Crippen LogP contribution in [0.25, 0.3) is 27.1 Å². The maximum atomic E-state index is 4.65. The second kappa shape index (κ2) is 6.10. The zero-order valence-electron chi connectivity index (χ0n) is 13.2. The lowest BCUT2D eigenvalue weighted by Crippen LogP contribution is -1.93. The summed E-state index contributed by atoms with van der Waals surface area (Å²) in [6.45, 7) is 4.38. The van der Waals surface area contributed by atoms with E-state index in [-0.39, 0.29) is 0 Å². The Kier molecular flexibility index (Phi) is 3.93. The van der Waals surface area contributed by atoms with Gasteiger partial charge in [0.1, 0.15) is 5.69 Å². The fourth-order valence-electron chi connectivity index (χ4n) is 2.54. The molecule has 4 aromatic rings. The third-order valence-corrected chi connectivity index (χ3v) is 4.97. The molecule has 0 bridgehead atoms. The van der Waals surface area contributed by atoms with Crippen molar-refractivity contribution in [2.24, 2.45) is 5.92 Å². The molecular formula is C16H15BrN6S. The zero-order valence-corrected chi connectivity index (χ0v) is 15.6. The van der Waals surface area contributed by atoms with Gasteiger partial charge in [0, 0.05) is 15.7 Å². The van der Waals surface area contributed by atoms with Crippen LogP contribution in [0.1, 0.15) is 19.5 Å². The molecule has 8 heteroatoms. The SMILES string of the molecule is CC(C)Cc1cc(-c2nn3c(-c4cccc(Br)c4)nnc3s2)n[nH]1. The predicted molar refractivity (Wildman–Crippen MR) is 97.9 cm³/mol. The molecule has 1 N–H and O–H groups in total. The number of benzene rings is 1. The highest BCUT2D eigenvalue weighted by molar-refractivity contribution is 9.10. The van der Waals surface area contributed by atoms with E-state index in [0.29, 0.717) is 5.92 Å². The highest BCUT2D eigenvalue weighted by atomic mass is 79.9. The average molecular weight is 403 g/mol.